The first-order valence-electron chi connectivity index (χ1n) is 8.85. The lowest BCUT2D eigenvalue weighted by Crippen LogP contribution is -2.54. The molecule has 1 fully saturated rings. The van der Waals surface area contributed by atoms with Crippen LogP contribution in [0, 0.1) is 0 Å². The summed E-state index contributed by atoms with van der Waals surface area (Å²) in [7, 11) is 1.53. The summed E-state index contributed by atoms with van der Waals surface area (Å²) >= 11 is 5.17. The van der Waals surface area contributed by atoms with E-state index in [4.69, 9.17) is 26.8 Å². The Balaban J connectivity index is 1.85. The van der Waals surface area contributed by atoms with Crippen LogP contribution in [0.25, 0.3) is 6.08 Å². The smallest absolute Gasteiger partial charge is 0.344 e. The number of carboxylic acids is 1. The third-order valence-electron chi connectivity index (χ3n) is 4.28. The molecule has 0 aliphatic carbocycles. The molecule has 8 nitrogen and oxygen atoms in total. The van der Waals surface area contributed by atoms with Crippen LogP contribution in [0.5, 0.6) is 11.5 Å². The Kier molecular flexibility index (Phi) is 6.12. The Morgan fingerprint density at radius 1 is 1.10 bits per heavy atom. The number of nitrogens with one attached hydrogen (secondary N) is 1. The summed E-state index contributed by atoms with van der Waals surface area (Å²) in [6.45, 7) is 1.42. The van der Waals surface area contributed by atoms with Crippen LogP contribution in [0.3, 0.4) is 0 Å². The standard InChI is InChI=1S/C21H18N2O6S/c1-12(20(26)27)29-16-7-3-13(4-8-16)11-17-18(24)22-21(30)23(19(17)25)14-5-9-15(28-2)10-6-14/h3-12H,1-2H3,(H,26,27)(H,22,24,30)/b17-11+. The maximum absolute atomic E-state index is 13.0. The van der Waals surface area contributed by atoms with Gasteiger partial charge in [0.05, 0.1) is 12.8 Å². The maximum Gasteiger partial charge on any atom is 0.344 e. The average molecular weight is 426 g/mol. The second-order valence-corrected chi connectivity index (χ2v) is 6.71. The monoisotopic (exact) mass is 426 g/mol. The Bertz CT molecular complexity index is 1030. The summed E-state index contributed by atoms with van der Waals surface area (Å²) in [4.78, 5) is 37.4. The SMILES string of the molecule is COc1ccc(N2C(=O)/C(=C/c3ccc(OC(C)C(=O)O)cc3)C(=O)NC2=S)cc1. The number of anilines is 1. The van der Waals surface area contributed by atoms with Crippen molar-refractivity contribution in [3.63, 3.8) is 0 Å². The molecule has 1 atom stereocenters. The molecule has 1 aliphatic rings. The van der Waals surface area contributed by atoms with Gasteiger partial charge >= 0.3 is 5.97 Å². The first-order chi connectivity index (χ1) is 14.3. The van der Waals surface area contributed by atoms with Crippen LogP contribution in [0.4, 0.5) is 5.69 Å². The number of thiocarbonyl (C=S) groups is 1. The summed E-state index contributed by atoms with van der Waals surface area (Å²) in [5.41, 5.74) is 0.960. The van der Waals surface area contributed by atoms with Crippen molar-refractivity contribution in [2.75, 3.05) is 12.0 Å². The number of carbonyl (C=O) groups is 3. The van der Waals surface area contributed by atoms with E-state index in [1.807, 2.05) is 0 Å². The van der Waals surface area contributed by atoms with Crippen molar-refractivity contribution < 1.29 is 29.0 Å². The Hall–Kier alpha value is -3.72. The molecule has 1 unspecified atom stereocenters. The number of ether oxygens (including phenoxy) is 2. The Morgan fingerprint density at radius 2 is 1.70 bits per heavy atom. The molecule has 3 rings (SSSR count). The molecule has 2 N–H and O–H groups in total. The molecule has 1 heterocycles. The number of carbonyl (C=O) groups excluding carboxylic acids is 2. The van der Waals surface area contributed by atoms with Gasteiger partial charge in [-0.1, -0.05) is 12.1 Å². The van der Waals surface area contributed by atoms with Gasteiger partial charge in [-0.15, -0.1) is 0 Å². The number of aliphatic carboxylic acids is 1. The number of amides is 2. The van der Waals surface area contributed by atoms with E-state index in [-0.39, 0.29) is 10.7 Å². The van der Waals surface area contributed by atoms with Gasteiger partial charge in [0.15, 0.2) is 11.2 Å². The molecule has 0 saturated carbocycles. The molecule has 0 aromatic heterocycles. The van der Waals surface area contributed by atoms with Crippen molar-refractivity contribution >= 4 is 46.9 Å². The van der Waals surface area contributed by atoms with E-state index < -0.39 is 23.9 Å². The molecule has 2 aromatic carbocycles. The molecule has 2 aromatic rings. The van der Waals surface area contributed by atoms with Crippen LogP contribution >= 0.6 is 12.2 Å². The molecule has 0 bridgehead atoms. The second kappa shape index (κ2) is 8.75. The third-order valence-corrected chi connectivity index (χ3v) is 4.57. The van der Waals surface area contributed by atoms with Gasteiger partial charge in [-0.25, -0.2) is 4.79 Å². The maximum atomic E-state index is 13.0. The highest BCUT2D eigenvalue weighted by molar-refractivity contribution is 7.80. The van der Waals surface area contributed by atoms with Crippen molar-refractivity contribution in [1.82, 2.24) is 5.32 Å². The van der Waals surface area contributed by atoms with Gasteiger partial charge in [0.1, 0.15) is 17.1 Å². The van der Waals surface area contributed by atoms with Crippen molar-refractivity contribution in [1.29, 1.82) is 0 Å². The number of hydrogen-bond donors (Lipinski definition) is 2. The molecule has 30 heavy (non-hydrogen) atoms. The quantitative estimate of drug-likeness (QED) is 0.415. The highest BCUT2D eigenvalue weighted by Crippen LogP contribution is 2.25. The number of hydrogen-bond acceptors (Lipinski definition) is 6. The zero-order chi connectivity index (χ0) is 21.8. The van der Waals surface area contributed by atoms with Gasteiger partial charge in [-0.3, -0.25) is 19.8 Å². The topological polar surface area (TPSA) is 105 Å². The van der Waals surface area contributed by atoms with Gasteiger partial charge in [0.25, 0.3) is 11.8 Å². The van der Waals surface area contributed by atoms with E-state index in [1.54, 1.807) is 48.5 Å². The van der Waals surface area contributed by atoms with E-state index in [0.29, 0.717) is 22.7 Å². The van der Waals surface area contributed by atoms with Gasteiger partial charge in [0, 0.05) is 0 Å². The number of rotatable bonds is 6. The van der Waals surface area contributed by atoms with E-state index in [0.717, 1.165) is 0 Å². The minimum absolute atomic E-state index is 0.0151. The van der Waals surface area contributed by atoms with E-state index >= 15 is 0 Å². The zero-order valence-electron chi connectivity index (χ0n) is 16.1. The molecule has 154 valence electrons. The van der Waals surface area contributed by atoms with Gasteiger partial charge in [0.2, 0.25) is 0 Å². The molecule has 2 amide bonds. The minimum Gasteiger partial charge on any atom is -0.497 e. The molecule has 1 saturated heterocycles. The zero-order valence-corrected chi connectivity index (χ0v) is 16.9. The number of carboxylic acid groups (broad SMARTS) is 1. The lowest BCUT2D eigenvalue weighted by molar-refractivity contribution is -0.144. The van der Waals surface area contributed by atoms with Crippen LogP contribution in [-0.4, -0.2) is 41.2 Å². The van der Waals surface area contributed by atoms with Crippen LogP contribution in [0.1, 0.15) is 12.5 Å². The first kappa shape index (κ1) is 21.0. The second-order valence-electron chi connectivity index (χ2n) is 6.32. The predicted molar refractivity (Wildman–Crippen MR) is 113 cm³/mol. The number of nitrogens with zero attached hydrogens (tertiary/aromatic N) is 1. The van der Waals surface area contributed by atoms with Gasteiger partial charge in [-0.2, -0.15) is 0 Å². The summed E-state index contributed by atoms with van der Waals surface area (Å²) in [6, 6.07) is 13.0. The highest BCUT2D eigenvalue weighted by atomic mass is 32.1. The van der Waals surface area contributed by atoms with Crippen molar-refractivity contribution in [3.8, 4) is 11.5 Å². The molecule has 0 radical (unpaired) electrons. The molecular formula is C21H18N2O6S. The van der Waals surface area contributed by atoms with Crippen LogP contribution in [0.2, 0.25) is 0 Å². The largest absolute Gasteiger partial charge is 0.497 e. The van der Waals surface area contributed by atoms with E-state index in [1.165, 1.54) is 25.0 Å². The third kappa shape index (κ3) is 4.47. The normalized spacial score (nSPS) is 16.3. The number of benzene rings is 2. The fourth-order valence-corrected chi connectivity index (χ4v) is 2.97. The fraction of sp³-hybridized carbons (Fsp3) is 0.143. The summed E-state index contributed by atoms with van der Waals surface area (Å²) < 4.78 is 10.4. The lowest BCUT2D eigenvalue weighted by Gasteiger charge is -2.29. The Morgan fingerprint density at radius 3 is 2.27 bits per heavy atom. The summed E-state index contributed by atoms with van der Waals surface area (Å²) in [5.74, 6) is -1.27. The van der Waals surface area contributed by atoms with Crippen molar-refractivity contribution in [3.05, 3.63) is 59.7 Å². The van der Waals surface area contributed by atoms with Crippen LogP contribution in [0.15, 0.2) is 54.1 Å². The molecule has 1 aliphatic heterocycles. The molecule has 0 spiro atoms. The van der Waals surface area contributed by atoms with E-state index in [2.05, 4.69) is 5.32 Å². The van der Waals surface area contributed by atoms with Crippen LogP contribution in [-0.2, 0) is 14.4 Å². The van der Waals surface area contributed by atoms with Gasteiger partial charge < -0.3 is 14.6 Å². The lowest BCUT2D eigenvalue weighted by atomic mass is 10.1. The summed E-state index contributed by atoms with van der Waals surface area (Å²) in [6.07, 6.45) is 0.430. The van der Waals surface area contributed by atoms with Crippen molar-refractivity contribution in [2.24, 2.45) is 0 Å². The molecular weight excluding hydrogens is 408 g/mol. The minimum atomic E-state index is -1.08. The van der Waals surface area contributed by atoms with E-state index in [9.17, 15) is 14.4 Å². The predicted octanol–water partition coefficient (Wildman–Crippen LogP) is 2.38. The van der Waals surface area contributed by atoms with Crippen LogP contribution < -0.4 is 19.7 Å². The number of methoxy groups -OCH3 is 1. The van der Waals surface area contributed by atoms with Gasteiger partial charge in [-0.05, 0) is 67.2 Å². The average Bonchev–Trinajstić information content (AvgIpc) is 2.72. The fourth-order valence-electron chi connectivity index (χ4n) is 2.69. The summed E-state index contributed by atoms with van der Waals surface area (Å²) in [5, 5.41) is 11.4. The van der Waals surface area contributed by atoms with Crippen molar-refractivity contribution in [2.45, 2.75) is 13.0 Å². The highest BCUT2D eigenvalue weighted by Gasteiger charge is 2.34. The molecule has 9 heteroatoms. The Labute approximate surface area is 177 Å². The first-order valence-corrected chi connectivity index (χ1v) is 9.26.